The summed E-state index contributed by atoms with van der Waals surface area (Å²) in [5, 5.41) is 0. The van der Waals surface area contributed by atoms with E-state index in [-0.39, 0.29) is 0 Å². The molecule has 2 rings (SSSR count). The van der Waals surface area contributed by atoms with Gasteiger partial charge in [0.1, 0.15) is 0 Å². The summed E-state index contributed by atoms with van der Waals surface area (Å²) in [5.41, 5.74) is 9.82. The molecule has 31 heavy (non-hydrogen) atoms. The van der Waals surface area contributed by atoms with Crippen LogP contribution in [-0.2, 0) is 31.7 Å². The second-order valence-corrected chi connectivity index (χ2v) is 13.2. The molecule has 0 heterocycles. The molecule has 0 N–H and O–H groups in total. The van der Waals surface area contributed by atoms with Crippen LogP contribution in [-0.4, -0.2) is 0 Å². The monoisotopic (exact) mass is 542 g/mol. The molecule has 2 unspecified atom stereocenters. The minimum atomic E-state index is -0.826. The van der Waals surface area contributed by atoms with Crippen LogP contribution in [0.15, 0.2) is 24.3 Å². The fraction of sp³-hybridized carbons (Fsp3) is 0.643. The van der Waals surface area contributed by atoms with Crippen molar-refractivity contribution in [2.45, 2.75) is 119 Å². The van der Waals surface area contributed by atoms with E-state index in [1.54, 1.807) is 11.1 Å². The van der Waals surface area contributed by atoms with Crippen molar-refractivity contribution in [3.05, 3.63) is 57.6 Å². The normalized spacial score (nSPS) is 14.3. The minimum absolute atomic E-state index is 0.396. The van der Waals surface area contributed by atoms with Gasteiger partial charge in [0.25, 0.3) is 0 Å². The fourth-order valence-corrected chi connectivity index (χ4v) is 4.76. The van der Waals surface area contributed by atoms with Crippen LogP contribution in [0.2, 0.25) is 0 Å². The average Bonchev–Trinajstić information content (AvgIpc) is 3.25. The second kappa shape index (κ2) is 15.1. The van der Waals surface area contributed by atoms with Crippen molar-refractivity contribution in [1.29, 1.82) is 0 Å². The maximum atomic E-state index is 4.93. The molecule has 176 valence electrons. The van der Waals surface area contributed by atoms with Crippen molar-refractivity contribution in [2.24, 2.45) is 0 Å². The van der Waals surface area contributed by atoms with Gasteiger partial charge in [0.2, 0.25) is 0 Å². The molecule has 0 aromatic heterocycles. The Morgan fingerprint density at radius 2 is 1.03 bits per heavy atom. The summed E-state index contributed by atoms with van der Waals surface area (Å²) >= 11 is -0.826. The zero-order chi connectivity index (χ0) is 24.2. The van der Waals surface area contributed by atoms with Gasteiger partial charge in [-0.1, -0.05) is 119 Å². The quantitative estimate of drug-likeness (QED) is 0.290. The molecular formula is C28H46Cl2Zr. The van der Waals surface area contributed by atoms with Crippen molar-refractivity contribution < 1.29 is 20.8 Å². The summed E-state index contributed by atoms with van der Waals surface area (Å²) in [7, 11) is 9.87. The molecule has 0 fully saturated rings. The average molecular weight is 545 g/mol. The molecule has 3 heteroatoms. The maximum absolute atomic E-state index is 4.93. The van der Waals surface area contributed by atoms with Crippen molar-refractivity contribution in [3.8, 4) is 0 Å². The Morgan fingerprint density at radius 1 is 0.742 bits per heavy atom. The molecule has 0 radical (unpaired) electrons. The van der Waals surface area contributed by atoms with E-state index in [2.05, 4.69) is 93.5 Å². The Kier molecular flexibility index (Phi) is 15.2. The van der Waals surface area contributed by atoms with E-state index in [9.17, 15) is 0 Å². The van der Waals surface area contributed by atoms with Gasteiger partial charge in [-0.25, -0.2) is 12.1 Å². The fourth-order valence-electron chi connectivity index (χ4n) is 4.76. The number of rotatable bonds is 8. The third-order valence-electron chi connectivity index (χ3n) is 7.46. The van der Waals surface area contributed by atoms with E-state index in [0.29, 0.717) is 10.8 Å². The number of hydrogen-bond donors (Lipinski definition) is 0. The van der Waals surface area contributed by atoms with Crippen molar-refractivity contribution >= 4 is 17.0 Å². The first kappa shape index (κ1) is 31.2. The number of halogens is 2. The van der Waals surface area contributed by atoms with E-state index >= 15 is 0 Å². The molecule has 2 aromatic carbocycles. The Morgan fingerprint density at radius 3 is 1.19 bits per heavy atom. The third kappa shape index (κ3) is 8.79. The summed E-state index contributed by atoms with van der Waals surface area (Å²) < 4.78 is 0. The van der Waals surface area contributed by atoms with Crippen LogP contribution in [0.5, 0.6) is 0 Å². The topological polar surface area (TPSA) is 0 Å². The molecular weight excluding hydrogens is 498 g/mol. The number of hydrogen-bond acceptors (Lipinski definition) is 0. The van der Waals surface area contributed by atoms with Crippen LogP contribution in [0.4, 0.5) is 0 Å². The van der Waals surface area contributed by atoms with Crippen LogP contribution in [0.1, 0.15) is 113 Å². The van der Waals surface area contributed by atoms with Crippen LogP contribution in [0, 0.1) is 27.7 Å². The van der Waals surface area contributed by atoms with E-state index in [1.807, 2.05) is 0 Å². The Bertz CT molecular complexity index is 680. The Balaban J connectivity index is 0.000000516. The van der Waals surface area contributed by atoms with E-state index in [0.717, 1.165) is 0 Å². The van der Waals surface area contributed by atoms with E-state index in [4.69, 9.17) is 17.0 Å². The summed E-state index contributed by atoms with van der Waals surface area (Å²) in [6.07, 6.45) is 7.62. The molecule has 0 nitrogen and oxygen atoms in total. The summed E-state index contributed by atoms with van der Waals surface area (Å²) in [6, 6.07) is 9.16. The summed E-state index contributed by atoms with van der Waals surface area (Å²) in [6.45, 7) is 22.9. The first-order valence-electron chi connectivity index (χ1n) is 11.9. The molecule has 2 atom stereocenters. The van der Waals surface area contributed by atoms with Gasteiger partial charge < -0.3 is 0 Å². The van der Waals surface area contributed by atoms with Crippen LogP contribution in [0.25, 0.3) is 0 Å². The molecule has 0 aliphatic rings. The third-order valence-corrected chi connectivity index (χ3v) is 7.46. The van der Waals surface area contributed by atoms with Gasteiger partial charge >= 0.3 is 37.9 Å². The van der Waals surface area contributed by atoms with Crippen LogP contribution < -0.4 is 0 Å². The predicted molar refractivity (Wildman–Crippen MR) is 140 cm³/mol. The molecule has 0 aliphatic heterocycles. The van der Waals surface area contributed by atoms with Gasteiger partial charge in [-0.05, 0) is 0 Å². The first-order chi connectivity index (χ1) is 14.5. The van der Waals surface area contributed by atoms with Crippen molar-refractivity contribution in [2.75, 3.05) is 0 Å². The van der Waals surface area contributed by atoms with Gasteiger partial charge in [0.05, 0.1) is 0 Å². The molecule has 0 saturated heterocycles. The van der Waals surface area contributed by atoms with Gasteiger partial charge in [-0.3, -0.25) is 0 Å². The van der Waals surface area contributed by atoms with Crippen molar-refractivity contribution in [1.82, 2.24) is 0 Å². The zero-order valence-corrected chi connectivity index (χ0v) is 25.8. The molecule has 0 spiro atoms. The van der Waals surface area contributed by atoms with Gasteiger partial charge in [0, 0.05) is 0 Å². The molecule has 0 aliphatic carbocycles. The standard InChI is InChI=1S/2C14H23.2ClH.Zr/c2*1-6-10-14(5,7-2)13-9-8-11(3)12(13)4;;;/h2*8-9H,6-7,10H2,1-5H3;2*1H;/q2*-1;;;+4/p-2. The van der Waals surface area contributed by atoms with Gasteiger partial charge in [0.15, 0.2) is 0 Å². The summed E-state index contributed by atoms with van der Waals surface area (Å²) in [4.78, 5) is 0. The van der Waals surface area contributed by atoms with E-state index < -0.39 is 20.8 Å². The predicted octanol–water partition coefficient (Wildman–Crippen LogP) is 10.4. The SMILES string of the molecule is CCCC(C)(CC)c1cc[c-](C)c1C.CCCC(C)(CC)c1cc[c-](C)c1C.[Cl][Zr+2][Cl]. The van der Waals surface area contributed by atoms with Gasteiger partial charge in [-0.2, -0.15) is 45.5 Å². The zero-order valence-electron chi connectivity index (χ0n) is 21.8. The first-order valence-corrected chi connectivity index (χ1v) is 18.3. The molecule has 0 amide bonds. The van der Waals surface area contributed by atoms with Crippen LogP contribution in [0.3, 0.4) is 0 Å². The molecule has 2 aromatic rings. The second-order valence-electron chi connectivity index (χ2n) is 9.51. The Labute approximate surface area is 212 Å². The summed E-state index contributed by atoms with van der Waals surface area (Å²) in [5.74, 6) is 0. The van der Waals surface area contributed by atoms with Crippen LogP contribution >= 0.6 is 17.0 Å². The van der Waals surface area contributed by atoms with E-state index in [1.165, 1.54) is 60.8 Å². The molecule has 0 bridgehead atoms. The molecule has 0 saturated carbocycles. The van der Waals surface area contributed by atoms with Gasteiger partial charge in [-0.15, -0.1) is 0 Å². The van der Waals surface area contributed by atoms with Crippen molar-refractivity contribution in [3.63, 3.8) is 0 Å². The Hall–Kier alpha value is 0.163. The number of aryl methyl sites for hydroxylation is 2.